The Morgan fingerprint density at radius 2 is 1.88 bits per heavy atom. The second-order valence-corrected chi connectivity index (χ2v) is 7.36. The van der Waals surface area contributed by atoms with Crippen LogP contribution in [0.15, 0.2) is 59.7 Å². The Labute approximate surface area is 186 Å². The minimum atomic E-state index is -0.516. The number of fused-ring (bicyclic) bond motifs is 1. The average molecular weight is 446 g/mol. The van der Waals surface area contributed by atoms with Gasteiger partial charge in [-0.3, -0.25) is 14.2 Å². The van der Waals surface area contributed by atoms with Crippen molar-refractivity contribution in [2.45, 2.75) is 13.8 Å². The number of halogens is 2. The van der Waals surface area contributed by atoms with Crippen molar-refractivity contribution in [1.29, 1.82) is 0 Å². The lowest BCUT2D eigenvalue weighted by molar-refractivity contribution is 0.0994. The van der Waals surface area contributed by atoms with E-state index in [-0.39, 0.29) is 11.3 Å². The van der Waals surface area contributed by atoms with E-state index in [2.05, 4.69) is 25.3 Å². The summed E-state index contributed by atoms with van der Waals surface area (Å²) in [5, 5.41) is 2.69. The molecule has 0 saturated heterocycles. The number of oxazole rings is 1. The lowest BCUT2D eigenvalue weighted by atomic mass is 10.1. The lowest BCUT2D eigenvalue weighted by Gasteiger charge is -2.06. The summed E-state index contributed by atoms with van der Waals surface area (Å²) in [5.74, 6) is -0.665. The topological polar surface area (TPSA) is 98.2 Å². The van der Waals surface area contributed by atoms with Gasteiger partial charge in [0.1, 0.15) is 11.6 Å². The van der Waals surface area contributed by atoms with Crippen LogP contribution in [0.25, 0.3) is 28.2 Å². The highest BCUT2D eigenvalue weighted by atomic mass is 19.1. The number of pyridine rings is 1. The number of imidazole rings is 1. The zero-order valence-electron chi connectivity index (χ0n) is 17.5. The predicted octanol–water partition coefficient (Wildman–Crippen LogP) is 4.59. The van der Waals surface area contributed by atoms with Gasteiger partial charge in [-0.1, -0.05) is 0 Å². The molecule has 1 N–H and O–H groups in total. The van der Waals surface area contributed by atoms with Gasteiger partial charge in [0.05, 0.1) is 17.6 Å². The van der Waals surface area contributed by atoms with Crippen LogP contribution < -0.4 is 5.32 Å². The third-order valence-electron chi connectivity index (χ3n) is 4.96. The third-order valence-corrected chi connectivity index (χ3v) is 4.96. The number of benzene rings is 1. The molecule has 8 nitrogen and oxygen atoms in total. The number of carbonyl (C=O) groups is 1. The second-order valence-electron chi connectivity index (χ2n) is 7.36. The number of amides is 1. The summed E-state index contributed by atoms with van der Waals surface area (Å²) < 4.78 is 35.1. The van der Waals surface area contributed by atoms with Crippen LogP contribution in [-0.4, -0.2) is 30.2 Å². The number of aromatic nitrogens is 5. The molecule has 0 unspecified atom stereocenters. The molecule has 164 valence electrons. The monoisotopic (exact) mass is 446 g/mol. The largest absolute Gasteiger partial charge is 0.436 e. The molecule has 0 fully saturated rings. The van der Waals surface area contributed by atoms with Crippen LogP contribution >= 0.6 is 0 Å². The summed E-state index contributed by atoms with van der Waals surface area (Å²) in [6.07, 6.45) is 7.48. The fourth-order valence-electron chi connectivity index (χ4n) is 3.46. The van der Waals surface area contributed by atoms with Gasteiger partial charge in [-0.25, -0.2) is 23.7 Å². The molecule has 5 rings (SSSR count). The molecule has 0 spiro atoms. The maximum atomic E-state index is 14.6. The molecule has 10 heteroatoms. The Bertz CT molecular complexity index is 1520. The molecule has 4 heterocycles. The highest BCUT2D eigenvalue weighted by molar-refractivity contribution is 6.03. The Morgan fingerprint density at radius 3 is 2.64 bits per heavy atom. The van der Waals surface area contributed by atoms with E-state index in [4.69, 9.17) is 4.42 Å². The molecule has 0 aliphatic heterocycles. The molecule has 0 aliphatic rings. The van der Waals surface area contributed by atoms with Gasteiger partial charge in [-0.05, 0) is 31.2 Å². The molecular formula is C23H16F2N6O2. The quantitative estimate of drug-likeness (QED) is 0.434. The summed E-state index contributed by atoms with van der Waals surface area (Å²) in [5.41, 5.74) is 2.49. The van der Waals surface area contributed by atoms with Crippen LogP contribution in [0.5, 0.6) is 0 Å². The van der Waals surface area contributed by atoms with Gasteiger partial charge in [0.2, 0.25) is 11.5 Å². The van der Waals surface area contributed by atoms with Gasteiger partial charge < -0.3 is 9.73 Å². The lowest BCUT2D eigenvalue weighted by Crippen LogP contribution is -2.12. The molecular weight excluding hydrogens is 430 g/mol. The maximum Gasteiger partial charge on any atom is 0.293 e. The van der Waals surface area contributed by atoms with E-state index in [0.29, 0.717) is 39.9 Å². The number of aryl methyl sites for hydroxylation is 2. The van der Waals surface area contributed by atoms with Crippen LogP contribution in [0, 0.1) is 25.5 Å². The number of rotatable bonds is 4. The van der Waals surface area contributed by atoms with Gasteiger partial charge in [0, 0.05) is 54.1 Å². The van der Waals surface area contributed by atoms with Crippen molar-refractivity contribution in [3.63, 3.8) is 0 Å². The SMILES string of the molecule is Cc1nc(C)c(C(=O)Nc2ccc(F)c(-c3cn4cc(-c5cncc(F)c5)cnc4n3)c2)o1. The summed E-state index contributed by atoms with van der Waals surface area (Å²) in [6, 6.07) is 5.51. The van der Waals surface area contributed by atoms with Crippen LogP contribution in [0.4, 0.5) is 14.5 Å². The Hall–Kier alpha value is -4.47. The fourth-order valence-corrected chi connectivity index (χ4v) is 3.46. The molecule has 0 radical (unpaired) electrons. The first-order chi connectivity index (χ1) is 15.9. The fraction of sp³-hybridized carbons (Fsp3) is 0.0870. The summed E-state index contributed by atoms with van der Waals surface area (Å²) in [4.78, 5) is 29.1. The molecule has 0 bridgehead atoms. The molecule has 0 saturated carbocycles. The zero-order chi connectivity index (χ0) is 23.1. The first kappa shape index (κ1) is 20.4. The van der Waals surface area contributed by atoms with Crippen molar-refractivity contribution in [3.05, 3.63) is 84.2 Å². The van der Waals surface area contributed by atoms with Crippen LogP contribution in [0.3, 0.4) is 0 Å². The molecule has 5 aromatic rings. The predicted molar refractivity (Wildman–Crippen MR) is 116 cm³/mol. The van der Waals surface area contributed by atoms with Crippen molar-refractivity contribution >= 4 is 17.4 Å². The smallest absolute Gasteiger partial charge is 0.293 e. The highest BCUT2D eigenvalue weighted by Crippen LogP contribution is 2.27. The third kappa shape index (κ3) is 3.93. The van der Waals surface area contributed by atoms with Gasteiger partial charge in [-0.15, -0.1) is 0 Å². The van der Waals surface area contributed by atoms with E-state index in [0.717, 1.165) is 6.20 Å². The van der Waals surface area contributed by atoms with Crippen LogP contribution in [0.1, 0.15) is 22.1 Å². The molecule has 33 heavy (non-hydrogen) atoms. The van der Waals surface area contributed by atoms with E-state index in [1.165, 1.54) is 36.7 Å². The standard InChI is InChI=1S/C23H16F2N6O2/c1-12-21(33-13(2)28-12)22(32)29-17-3-4-19(25)18(6-17)20-11-31-10-15(8-27-23(31)30-20)14-5-16(24)9-26-7-14/h3-11H,1-2H3,(H,29,32). The minimum absolute atomic E-state index is 0.0923. The summed E-state index contributed by atoms with van der Waals surface area (Å²) in [7, 11) is 0. The first-order valence-electron chi connectivity index (χ1n) is 9.88. The Morgan fingerprint density at radius 1 is 1.03 bits per heavy atom. The maximum absolute atomic E-state index is 14.6. The number of nitrogens with one attached hydrogen (secondary N) is 1. The zero-order valence-corrected chi connectivity index (χ0v) is 17.5. The highest BCUT2D eigenvalue weighted by Gasteiger charge is 2.18. The van der Waals surface area contributed by atoms with Crippen LogP contribution in [-0.2, 0) is 0 Å². The molecule has 1 aromatic carbocycles. The van der Waals surface area contributed by atoms with Gasteiger partial charge in [0.25, 0.3) is 5.91 Å². The number of hydrogen-bond acceptors (Lipinski definition) is 6. The van der Waals surface area contributed by atoms with Crippen molar-refractivity contribution in [2.24, 2.45) is 0 Å². The minimum Gasteiger partial charge on any atom is -0.436 e. The van der Waals surface area contributed by atoms with Crippen molar-refractivity contribution < 1.29 is 18.0 Å². The molecule has 0 aliphatic carbocycles. The Kier molecular flexibility index (Phi) is 4.89. The number of anilines is 1. The number of carbonyl (C=O) groups excluding carboxylic acids is 1. The normalized spacial score (nSPS) is 11.2. The van der Waals surface area contributed by atoms with Crippen molar-refractivity contribution in [1.82, 2.24) is 24.3 Å². The van der Waals surface area contributed by atoms with E-state index in [1.807, 2.05) is 0 Å². The van der Waals surface area contributed by atoms with E-state index < -0.39 is 17.5 Å². The Balaban J connectivity index is 1.48. The van der Waals surface area contributed by atoms with E-state index in [9.17, 15) is 13.6 Å². The average Bonchev–Trinajstić information content (AvgIpc) is 3.36. The number of nitrogens with zero attached hydrogens (tertiary/aromatic N) is 5. The molecule has 0 atom stereocenters. The van der Waals surface area contributed by atoms with E-state index in [1.54, 1.807) is 30.6 Å². The number of hydrogen-bond donors (Lipinski definition) is 1. The summed E-state index contributed by atoms with van der Waals surface area (Å²) in [6.45, 7) is 3.31. The van der Waals surface area contributed by atoms with Gasteiger partial charge in [0.15, 0.2) is 5.89 Å². The van der Waals surface area contributed by atoms with Crippen molar-refractivity contribution in [2.75, 3.05) is 5.32 Å². The summed E-state index contributed by atoms with van der Waals surface area (Å²) >= 11 is 0. The molecule has 1 amide bonds. The van der Waals surface area contributed by atoms with Gasteiger partial charge in [-0.2, -0.15) is 0 Å². The first-order valence-corrected chi connectivity index (χ1v) is 9.88. The molecule has 4 aromatic heterocycles. The van der Waals surface area contributed by atoms with E-state index >= 15 is 0 Å². The van der Waals surface area contributed by atoms with Crippen molar-refractivity contribution in [3.8, 4) is 22.4 Å². The van der Waals surface area contributed by atoms with Gasteiger partial charge >= 0.3 is 0 Å². The van der Waals surface area contributed by atoms with Crippen LogP contribution in [0.2, 0.25) is 0 Å². The second kappa shape index (κ2) is 7.90.